The Morgan fingerprint density at radius 1 is 0.222 bits per heavy atom. The fourth-order valence-electron chi connectivity index (χ4n) is 12.7. The second kappa shape index (κ2) is 15.9. The van der Waals surface area contributed by atoms with Gasteiger partial charge in [-0.2, -0.15) is 0 Å². The Morgan fingerprint density at radius 3 is 1.36 bits per heavy atom. The molecule has 13 aromatic carbocycles. The summed E-state index contributed by atoms with van der Waals surface area (Å²) in [6.07, 6.45) is 0. The van der Waals surface area contributed by atoms with Gasteiger partial charge in [-0.15, -0.1) is 0 Å². The molecule has 0 saturated heterocycles. The van der Waals surface area contributed by atoms with Gasteiger partial charge in [-0.25, -0.2) is 0 Å². The van der Waals surface area contributed by atoms with Crippen molar-refractivity contribution in [2.24, 2.45) is 0 Å². The minimum Gasteiger partial charge on any atom is -0.310 e. The third-order valence-electron chi connectivity index (χ3n) is 15.8. The average molecular weight is 912 g/mol. The van der Waals surface area contributed by atoms with Crippen molar-refractivity contribution in [3.8, 4) is 55.6 Å². The second-order valence-corrected chi connectivity index (χ2v) is 19.5. The monoisotopic (exact) mass is 911 g/mol. The van der Waals surface area contributed by atoms with Crippen molar-refractivity contribution in [1.82, 2.24) is 0 Å². The summed E-state index contributed by atoms with van der Waals surface area (Å²) in [5.74, 6) is 0. The maximum Gasteiger partial charge on any atom is 0.0726 e. The summed E-state index contributed by atoms with van der Waals surface area (Å²) in [4.78, 5) is 2.55. The van der Waals surface area contributed by atoms with Gasteiger partial charge in [0.1, 0.15) is 0 Å². The fraction of sp³-hybridized carbons (Fsp3) is 0.0141. The van der Waals surface area contributed by atoms with Crippen LogP contribution in [-0.2, 0) is 5.41 Å². The highest BCUT2D eigenvalue weighted by atomic mass is 15.1. The van der Waals surface area contributed by atoms with E-state index in [0.717, 1.165) is 22.6 Å². The first-order chi connectivity index (χ1) is 35.7. The second-order valence-electron chi connectivity index (χ2n) is 19.5. The zero-order valence-electron chi connectivity index (χ0n) is 39.4. The lowest BCUT2D eigenvalue weighted by Gasteiger charge is -2.33. The summed E-state index contributed by atoms with van der Waals surface area (Å²) in [6, 6.07) is 102. The van der Waals surface area contributed by atoms with Crippen molar-refractivity contribution in [3.63, 3.8) is 0 Å². The Kier molecular flexibility index (Phi) is 8.94. The van der Waals surface area contributed by atoms with Crippen LogP contribution in [-0.4, -0.2) is 0 Å². The van der Waals surface area contributed by atoms with E-state index in [9.17, 15) is 0 Å². The standard InChI is InChI=1S/C71H45N/c1-2-17-46(18-3-1)51-21-16-22-53(42-51)72(54-39-40-59-57-25-7-6-23-55(57)56-24-8-9-26-58(56)64(59)43-54)70-45-69-65(44-63(70)49-36-33-48(34-37-49)52-38-35-47-19-4-5-20-50(47)41-52)62-29-12-15-32-68(62)71(69)66-30-13-10-27-60(66)61-28-11-14-31-67(61)71/h1-45H. The first kappa shape index (κ1) is 40.6. The van der Waals surface area contributed by atoms with Gasteiger partial charge >= 0.3 is 0 Å². The molecule has 1 nitrogen and oxygen atoms in total. The van der Waals surface area contributed by atoms with Crippen molar-refractivity contribution in [1.29, 1.82) is 0 Å². The van der Waals surface area contributed by atoms with Crippen LogP contribution in [0.25, 0.3) is 98.7 Å². The smallest absolute Gasteiger partial charge is 0.0726 e. The highest BCUT2D eigenvalue weighted by Crippen LogP contribution is 2.64. The summed E-state index contributed by atoms with van der Waals surface area (Å²) in [5.41, 5.74) is 20.3. The molecule has 72 heavy (non-hydrogen) atoms. The maximum atomic E-state index is 2.57. The van der Waals surface area contributed by atoms with Gasteiger partial charge in [-0.05, 0) is 158 Å². The third kappa shape index (κ3) is 5.95. The lowest BCUT2D eigenvalue weighted by molar-refractivity contribution is 0.794. The van der Waals surface area contributed by atoms with Gasteiger partial charge in [-0.3, -0.25) is 0 Å². The minimum atomic E-state index is -0.525. The molecule has 13 aromatic rings. The summed E-state index contributed by atoms with van der Waals surface area (Å²) in [6.45, 7) is 0. The number of benzene rings is 13. The highest BCUT2D eigenvalue weighted by Gasteiger charge is 2.52. The van der Waals surface area contributed by atoms with E-state index in [-0.39, 0.29) is 0 Å². The molecular weight excluding hydrogens is 867 g/mol. The molecule has 15 rings (SSSR count). The largest absolute Gasteiger partial charge is 0.310 e. The Morgan fingerprint density at radius 2 is 0.694 bits per heavy atom. The molecule has 2 aliphatic rings. The summed E-state index contributed by atoms with van der Waals surface area (Å²) >= 11 is 0. The topological polar surface area (TPSA) is 3.24 Å². The van der Waals surface area contributed by atoms with Crippen LogP contribution in [0.3, 0.4) is 0 Å². The van der Waals surface area contributed by atoms with Crippen LogP contribution < -0.4 is 4.90 Å². The van der Waals surface area contributed by atoms with Crippen molar-refractivity contribution < 1.29 is 0 Å². The van der Waals surface area contributed by atoms with Gasteiger partial charge in [0.25, 0.3) is 0 Å². The lowest BCUT2D eigenvalue weighted by Crippen LogP contribution is -2.26. The van der Waals surface area contributed by atoms with Gasteiger partial charge in [0.15, 0.2) is 0 Å². The van der Waals surface area contributed by atoms with Crippen LogP contribution in [0.4, 0.5) is 17.1 Å². The van der Waals surface area contributed by atoms with Crippen molar-refractivity contribution in [3.05, 3.63) is 295 Å². The molecule has 1 spiro atoms. The zero-order valence-corrected chi connectivity index (χ0v) is 39.4. The Labute approximate surface area is 419 Å². The van der Waals surface area contributed by atoms with Crippen LogP contribution in [0.2, 0.25) is 0 Å². The molecule has 0 aromatic heterocycles. The van der Waals surface area contributed by atoms with Gasteiger partial charge < -0.3 is 4.90 Å². The van der Waals surface area contributed by atoms with Crippen LogP contribution >= 0.6 is 0 Å². The fourth-order valence-corrected chi connectivity index (χ4v) is 12.7. The third-order valence-corrected chi connectivity index (χ3v) is 15.8. The molecule has 0 unspecified atom stereocenters. The number of hydrogen-bond donors (Lipinski definition) is 0. The lowest BCUT2D eigenvalue weighted by atomic mass is 9.70. The van der Waals surface area contributed by atoms with E-state index in [1.165, 1.54) is 115 Å². The van der Waals surface area contributed by atoms with Crippen molar-refractivity contribution in [2.75, 3.05) is 4.90 Å². The Bertz CT molecular complexity index is 4250. The minimum absolute atomic E-state index is 0.525. The summed E-state index contributed by atoms with van der Waals surface area (Å²) in [7, 11) is 0. The first-order valence-electron chi connectivity index (χ1n) is 25.1. The molecule has 0 aliphatic heterocycles. The van der Waals surface area contributed by atoms with Gasteiger partial charge in [0, 0.05) is 16.9 Å². The highest BCUT2D eigenvalue weighted by molar-refractivity contribution is 6.26. The van der Waals surface area contributed by atoms with E-state index in [0.29, 0.717) is 0 Å². The van der Waals surface area contributed by atoms with E-state index in [1.54, 1.807) is 0 Å². The molecule has 0 bridgehead atoms. The van der Waals surface area contributed by atoms with E-state index in [2.05, 4.69) is 278 Å². The summed E-state index contributed by atoms with van der Waals surface area (Å²) < 4.78 is 0. The predicted octanol–water partition coefficient (Wildman–Crippen LogP) is 19.1. The summed E-state index contributed by atoms with van der Waals surface area (Å²) in [5, 5.41) is 10.0. The molecule has 0 radical (unpaired) electrons. The molecule has 0 N–H and O–H groups in total. The SMILES string of the molecule is c1ccc(-c2cccc(N(c3ccc4c5ccccc5c5ccccc5c4c3)c3cc4c(cc3-c3ccc(-c5ccc6ccccc6c5)cc3)-c3ccccc3C43c4ccccc4-c4ccccc43)c2)cc1. The van der Waals surface area contributed by atoms with Crippen LogP contribution in [0, 0.1) is 0 Å². The molecule has 0 amide bonds. The van der Waals surface area contributed by atoms with Crippen LogP contribution in [0.15, 0.2) is 273 Å². The molecule has 0 saturated carbocycles. The van der Waals surface area contributed by atoms with E-state index >= 15 is 0 Å². The Balaban J connectivity index is 1.04. The number of rotatable bonds is 6. The van der Waals surface area contributed by atoms with Gasteiger partial charge in [0.05, 0.1) is 11.1 Å². The molecule has 0 heterocycles. The molecule has 2 aliphatic carbocycles. The van der Waals surface area contributed by atoms with Gasteiger partial charge in [0.2, 0.25) is 0 Å². The molecule has 334 valence electrons. The number of nitrogens with zero attached hydrogens (tertiary/aromatic N) is 1. The molecular formula is C71H45N. The zero-order chi connectivity index (χ0) is 47.3. The van der Waals surface area contributed by atoms with Crippen molar-refractivity contribution >= 4 is 60.2 Å². The normalized spacial score (nSPS) is 12.8. The maximum absolute atomic E-state index is 2.57. The molecule has 1 heteroatoms. The average Bonchev–Trinajstić information content (AvgIpc) is 3.92. The van der Waals surface area contributed by atoms with E-state index < -0.39 is 5.41 Å². The number of fused-ring (bicyclic) bond motifs is 17. The Hall–Kier alpha value is -9.30. The predicted molar refractivity (Wildman–Crippen MR) is 304 cm³/mol. The quantitative estimate of drug-likeness (QED) is 0.150. The van der Waals surface area contributed by atoms with Gasteiger partial charge in [-0.1, -0.05) is 231 Å². The first-order valence-corrected chi connectivity index (χ1v) is 25.1. The molecule has 0 atom stereocenters. The number of hydrogen-bond acceptors (Lipinski definition) is 1. The number of anilines is 3. The van der Waals surface area contributed by atoms with Crippen LogP contribution in [0.1, 0.15) is 22.3 Å². The van der Waals surface area contributed by atoms with E-state index in [1.807, 2.05) is 0 Å². The van der Waals surface area contributed by atoms with Crippen LogP contribution in [0.5, 0.6) is 0 Å². The molecule has 0 fully saturated rings. The van der Waals surface area contributed by atoms with E-state index in [4.69, 9.17) is 0 Å². The van der Waals surface area contributed by atoms with Crippen molar-refractivity contribution in [2.45, 2.75) is 5.41 Å².